The van der Waals surface area contributed by atoms with Crippen LogP contribution in [0.1, 0.15) is 83.1 Å². The molecule has 2 fully saturated rings. The van der Waals surface area contributed by atoms with Gasteiger partial charge in [0.05, 0.1) is 6.61 Å². The van der Waals surface area contributed by atoms with Crippen LogP contribution in [-0.2, 0) is 0 Å². The molecule has 166 valence electrons. The highest BCUT2D eigenvalue weighted by Gasteiger charge is 2.27. The van der Waals surface area contributed by atoms with E-state index in [1.807, 2.05) is 6.92 Å². The Kier molecular flexibility index (Phi) is 7.32. The summed E-state index contributed by atoms with van der Waals surface area (Å²) in [5.74, 6) is 3.32. The van der Waals surface area contributed by atoms with Crippen LogP contribution in [0, 0.1) is 36.5 Å². The molecule has 0 aromatic carbocycles. The van der Waals surface area contributed by atoms with Crippen LogP contribution in [0.15, 0.2) is 17.7 Å². The highest BCUT2D eigenvalue weighted by molar-refractivity contribution is 5.33. The van der Waals surface area contributed by atoms with E-state index in [0.717, 1.165) is 29.7 Å². The molecule has 1 aromatic rings. The number of ether oxygens (including phenoxy) is 2. The molecule has 0 N–H and O–H groups in total. The molecule has 3 nitrogen and oxygen atoms in total. The first-order chi connectivity index (χ1) is 14.6. The monoisotopic (exact) mass is 415 g/mol. The predicted octanol–water partition coefficient (Wildman–Crippen LogP) is 7.03. The molecule has 3 aliphatic rings. The third-order valence-electron chi connectivity index (χ3n) is 7.70. The summed E-state index contributed by atoms with van der Waals surface area (Å²) in [4.78, 5) is 4.06. The molecule has 4 rings (SSSR count). The zero-order valence-electron chi connectivity index (χ0n) is 18.8. The van der Waals surface area contributed by atoms with Gasteiger partial charge >= 0.3 is 0 Å². The van der Waals surface area contributed by atoms with Crippen LogP contribution in [-0.4, -0.2) is 18.2 Å². The van der Waals surface area contributed by atoms with Crippen molar-refractivity contribution in [3.63, 3.8) is 0 Å². The second-order valence-electron chi connectivity index (χ2n) is 10.1. The van der Waals surface area contributed by atoms with Crippen molar-refractivity contribution in [2.75, 3.05) is 13.2 Å². The molecular weight excluding hydrogens is 377 g/mol. The van der Waals surface area contributed by atoms with E-state index < -0.39 is 5.95 Å². The van der Waals surface area contributed by atoms with Gasteiger partial charge in [-0.1, -0.05) is 38.7 Å². The molecule has 1 unspecified atom stereocenters. The standard InChI is InChI=1S/C26H38FNO2/c1-18-7-11-22(12-8-18)23-13-9-21(10-14-23)17-30-26-19(2)15-24(25(27)28-26)29-16-20-5-3-4-6-20/h9,15,18,20,22-23H,3-8,10-14,16-17H2,1-2H3. The average Bonchev–Trinajstić information content (AvgIpc) is 3.28. The van der Waals surface area contributed by atoms with Crippen LogP contribution in [0.3, 0.4) is 0 Å². The van der Waals surface area contributed by atoms with Crippen LogP contribution in [0.5, 0.6) is 11.6 Å². The minimum atomic E-state index is -0.558. The highest BCUT2D eigenvalue weighted by atomic mass is 19.1. The molecular formula is C26H38FNO2. The van der Waals surface area contributed by atoms with Crippen molar-refractivity contribution < 1.29 is 13.9 Å². The Morgan fingerprint density at radius 1 is 1.00 bits per heavy atom. The van der Waals surface area contributed by atoms with Gasteiger partial charge in [0.1, 0.15) is 6.61 Å². The number of halogens is 1. The van der Waals surface area contributed by atoms with Crippen LogP contribution >= 0.6 is 0 Å². The Hall–Kier alpha value is -1.58. The lowest BCUT2D eigenvalue weighted by Crippen LogP contribution is -2.23. The smallest absolute Gasteiger partial charge is 0.258 e. The number of nitrogens with zero attached hydrogens (tertiary/aromatic N) is 1. The lowest BCUT2D eigenvalue weighted by Gasteiger charge is -2.34. The Morgan fingerprint density at radius 2 is 1.77 bits per heavy atom. The first-order valence-electron chi connectivity index (χ1n) is 12.2. The summed E-state index contributed by atoms with van der Waals surface area (Å²) in [6.45, 7) is 5.41. The van der Waals surface area contributed by atoms with E-state index >= 15 is 0 Å². The van der Waals surface area contributed by atoms with E-state index in [2.05, 4.69) is 18.0 Å². The van der Waals surface area contributed by atoms with E-state index in [9.17, 15) is 4.39 Å². The molecule has 0 amide bonds. The van der Waals surface area contributed by atoms with Gasteiger partial charge in [-0.05, 0) is 87.2 Å². The van der Waals surface area contributed by atoms with Gasteiger partial charge in [-0.15, -0.1) is 0 Å². The Balaban J connectivity index is 1.26. The molecule has 0 radical (unpaired) electrons. The minimum absolute atomic E-state index is 0.258. The molecule has 1 atom stereocenters. The number of hydrogen-bond acceptors (Lipinski definition) is 3. The van der Waals surface area contributed by atoms with Crippen molar-refractivity contribution in [2.24, 2.45) is 23.7 Å². The number of aryl methyl sites for hydroxylation is 1. The van der Waals surface area contributed by atoms with Gasteiger partial charge < -0.3 is 9.47 Å². The number of allylic oxidation sites excluding steroid dienone is 1. The van der Waals surface area contributed by atoms with Gasteiger partial charge in [-0.25, -0.2) is 0 Å². The van der Waals surface area contributed by atoms with Crippen LogP contribution in [0.25, 0.3) is 0 Å². The minimum Gasteiger partial charge on any atom is -0.488 e. The van der Waals surface area contributed by atoms with Gasteiger partial charge in [-0.3, -0.25) is 0 Å². The number of pyridine rings is 1. The zero-order chi connectivity index (χ0) is 20.9. The lowest BCUT2D eigenvalue weighted by molar-refractivity contribution is 0.197. The molecule has 1 aromatic heterocycles. The van der Waals surface area contributed by atoms with E-state index in [1.54, 1.807) is 6.07 Å². The summed E-state index contributed by atoms with van der Waals surface area (Å²) in [5, 5.41) is 0. The van der Waals surface area contributed by atoms with Crippen molar-refractivity contribution >= 4 is 0 Å². The normalized spacial score (nSPS) is 27.7. The summed E-state index contributed by atoms with van der Waals surface area (Å²) in [6, 6.07) is 1.74. The molecule has 1 heterocycles. The highest BCUT2D eigenvalue weighted by Crippen LogP contribution is 2.39. The Bertz CT molecular complexity index is 733. The lowest BCUT2D eigenvalue weighted by atomic mass is 9.72. The fourth-order valence-corrected chi connectivity index (χ4v) is 5.57. The van der Waals surface area contributed by atoms with Crippen molar-refractivity contribution in [1.29, 1.82) is 0 Å². The first kappa shape index (κ1) is 21.6. The third kappa shape index (κ3) is 5.56. The zero-order valence-corrected chi connectivity index (χ0v) is 18.8. The predicted molar refractivity (Wildman–Crippen MR) is 118 cm³/mol. The van der Waals surface area contributed by atoms with Gasteiger partial charge in [0.15, 0.2) is 5.75 Å². The maximum atomic E-state index is 14.4. The fraction of sp³-hybridized carbons (Fsp3) is 0.731. The van der Waals surface area contributed by atoms with Crippen LogP contribution < -0.4 is 9.47 Å². The van der Waals surface area contributed by atoms with E-state index in [1.165, 1.54) is 69.8 Å². The van der Waals surface area contributed by atoms with E-state index in [-0.39, 0.29) is 5.75 Å². The average molecular weight is 416 g/mol. The summed E-state index contributed by atoms with van der Waals surface area (Å²) in [7, 11) is 0. The van der Waals surface area contributed by atoms with Crippen molar-refractivity contribution in [3.05, 3.63) is 29.2 Å². The van der Waals surface area contributed by atoms with E-state index in [0.29, 0.717) is 25.0 Å². The van der Waals surface area contributed by atoms with Gasteiger partial charge in [0, 0.05) is 5.56 Å². The number of aromatic nitrogens is 1. The van der Waals surface area contributed by atoms with Crippen LogP contribution in [0.4, 0.5) is 4.39 Å². The molecule has 0 spiro atoms. The molecule has 3 aliphatic carbocycles. The summed E-state index contributed by atoms with van der Waals surface area (Å²) < 4.78 is 26.1. The molecule has 0 bridgehead atoms. The van der Waals surface area contributed by atoms with Crippen molar-refractivity contribution in [1.82, 2.24) is 4.98 Å². The second kappa shape index (κ2) is 10.2. The largest absolute Gasteiger partial charge is 0.488 e. The topological polar surface area (TPSA) is 31.4 Å². The summed E-state index contributed by atoms with van der Waals surface area (Å²) in [6.07, 6.45) is 16.4. The second-order valence-corrected chi connectivity index (χ2v) is 10.1. The SMILES string of the molecule is Cc1cc(OCC2CCCC2)c(F)nc1OCC1=CCC(C2CCC(C)CC2)CC1. The molecule has 2 saturated carbocycles. The van der Waals surface area contributed by atoms with Crippen molar-refractivity contribution in [2.45, 2.75) is 84.5 Å². The Labute approximate surface area is 181 Å². The molecule has 4 heteroatoms. The maximum Gasteiger partial charge on any atom is 0.258 e. The van der Waals surface area contributed by atoms with Gasteiger partial charge in [-0.2, -0.15) is 9.37 Å². The fourth-order valence-electron chi connectivity index (χ4n) is 5.57. The number of hydrogen-bond donors (Lipinski definition) is 0. The van der Waals surface area contributed by atoms with Gasteiger partial charge in [0.2, 0.25) is 5.88 Å². The number of rotatable bonds is 7. The summed E-state index contributed by atoms with van der Waals surface area (Å²) in [5.41, 5.74) is 2.17. The van der Waals surface area contributed by atoms with E-state index in [4.69, 9.17) is 9.47 Å². The Morgan fingerprint density at radius 3 is 2.47 bits per heavy atom. The maximum absolute atomic E-state index is 14.4. The quantitative estimate of drug-likeness (QED) is 0.354. The first-order valence-corrected chi connectivity index (χ1v) is 12.2. The summed E-state index contributed by atoms with van der Waals surface area (Å²) >= 11 is 0. The van der Waals surface area contributed by atoms with Gasteiger partial charge in [0.25, 0.3) is 5.95 Å². The third-order valence-corrected chi connectivity index (χ3v) is 7.70. The molecule has 0 aliphatic heterocycles. The van der Waals surface area contributed by atoms with Crippen LogP contribution in [0.2, 0.25) is 0 Å². The molecule has 30 heavy (non-hydrogen) atoms. The molecule has 0 saturated heterocycles. The van der Waals surface area contributed by atoms with Crippen molar-refractivity contribution in [3.8, 4) is 11.6 Å².